The van der Waals surface area contributed by atoms with Gasteiger partial charge >= 0.3 is 5.97 Å². The van der Waals surface area contributed by atoms with Crippen LogP contribution >= 0.6 is 0 Å². The summed E-state index contributed by atoms with van der Waals surface area (Å²) in [6.07, 6.45) is 10.7. The molecule has 0 bridgehead atoms. The van der Waals surface area contributed by atoms with E-state index in [-0.39, 0.29) is 31.1 Å². The highest BCUT2D eigenvalue weighted by atomic mass is 16.6. The molecule has 1 unspecified atom stereocenters. The van der Waals surface area contributed by atoms with E-state index >= 15 is 0 Å². The molecular formula is C24H34N2O6. The summed E-state index contributed by atoms with van der Waals surface area (Å²) in [5.74, 6) is -2.31. The van der Waals surface area contributed by atoms with Gasteiger partial charge in [0.25, 0.3) is 0 Å². The summed E-state index contributed by atoms with van der Waals surface area (Å²) in [5.41, 5.74) is -1.17. The van der Waals surface area contributed by atoms with Crippen molar-refractivity contribution >= 4 is 17.8 Å². The predicted molar refractivity (Wildman–Crippen MR) is 116 cm³/mol. The summed E-state index contributed by atoms with van der Waals surface area (Å²) in [6, 6.07) is -0.823. The second-order valence-electron chi connectivity index (χ2n) is 9.38. The number of carbonyl (C=O) groups is 3. The Bertz CT molecular complexity index is 808. The van der Waals surface area contributed by atoms with Crippen LogP contribution in [0.15, 0.2) is 24.3 Å². The van der Waals surface area contributed by atoms with Gasteiger partial charge in [0.15, 0.2) is 0 Å². The molecule has 4 rings (SSSR count). The number of ether oxygens (including phenoxy) is 2. The first-order valence-corrected chi connectivity index (χ1v) is 11.8. The van der Waals surface area contributed by atoms with Crippen LogP contribution in [0.1, 0.15) is 46.0 Å². The fraction of sp³-hybridized carbons (Fsp3) is 0.708. The fourth-order valence-corrected chi connectivity index (χ4v) is 5.58. The summed E-state index contributed by atoms with van der Waals surface area (Å²) < 4.78 is 11.9. The molecule has 1 spiro atoms. The Labute approximate surface area is 189 Å². The van der Waals surface area contributed by atoms with Crippen LogP contribution < -0.4 is 0 Å². The number of carbonyl (C=O) groups excluding carboxylic acids is 3. The van der Waals surface area contributed by atoms with E-state index in [9.17, 15) is 14.4 Å². The van der Waals surface area contributed by atoms with Crippen molar-refractivity contribution in [1.82, 2.24) is 9.80 Å². The highest BCUT2D eigenvalue weighted by Gasteiger charge is 2.71. The van der Waals surface area contributed by atoms with Gasteiger partial charge in [0, 0.05) is 25.7 Å². The predicted octanol–water partition coefficient (Wildman–Crippen LogP) is 1.43. The van der Waals surface area contributed by atoms with E-state index in [2.05, 4.69) is 0 Å². The van der Waals surface area contributed by atoms with Crippen molar-refractivity contribution in [2.24, 2.45) is 11.8 Å². The fourth-order valence-electron chi connectivity index (χ4n) is 5.58. The minimum Gasteiger partial charge on any atom is -0.465 e. The zero-order valence-electron chi connectivity index (χ0n) is 18.9. The van der Waals surface area contributed by atoms with Crippen LogP contribution in [-0.4, -0.2) is 82.8 Å². The number of esters is 1. The number of amides is 2. The van der Waals surface area contributed by atoms with Crippen LogP contribution in [0, 0.1) is 11.8 Å². The van der Waals surface area contributed by atoms with Crippen molar-refractivity contribution in [2.45, 2.75) is 69.7 Å². The number of hydrogen-bond acceptors (Lipinski definition) is 6. The third kappa shape index (κ3) is 3.77. The summed E-state index contributed by atoms with van der Waals surface area (Å²) in [5, 5.41) is 9.02. The number of fused-ring (bicyclic) bond motifs is 2. The van der Waals surface area contributed by atoms with Crippen LogP contribution in [-0.2, 0) is 23.9 Å². The Morgan fingerprint density at radius 2 is 1.91 bits per heavy atom. The normalized spacial score (nSPS) is 34.2. The summed E-state index contributed by atoms with van der Waals surface area (Å²) in [7, 11) is 0. The lowest BCUT2D eigenvalue weighted by molar-refractivity contribution is -0.155. The summed E-state index contributed by atoms with van der Waals surface area (Å²) in [4.78, 5) is 43.9. The Hall–Kier alpha value is -2.19. The van der Waals surface area contributed by atoms with Gasteiger partial charge in [-0.25, -0.2) is 0 Å². The topological polar surface area (TPSA) is 96.4 Å². The molecule has 32 heavy (non-hydrogen) atoms. The summed E-state index contributed by atoms with van der Waals surface area (Å²) in [6.45, 7) is 5.21. The molecule has 8 heteroatoms. The van der Waals surface area contributed by atoms with Gasteiger partial charge in [-0.1, -0.05) is 37.1 Å². The highest BCUT2D eigenvalue weighted by molar-refractivity contribution is 5.99. The third-order valence-corrected chi connectivity index (χ3v) is 7.08. The number of hydrogen-bond donors (Lipinski definition) is 1. The standard InChI is InChI=1S/C24H34N2O6/c1-16(2)25-13-9-11-24-19(18-17(32-24)10-5-8-15-31-23(18)30)21(28)26(20(24)22(25)29)12-6-3-4-7-14-27/h5,9-11,16-20,27H,3-4,6-8,12-15H2,1-2H3/t17-,18+,19-,20?,24-/m0/s1. The lowest BCUT2D eigenvalue weighted by Crippen LogP contribution is -2.56. The molecule has 176 valence electrons. The molecule has 5 atom stereocenters. The van der Waals surface area contributed by atoms with Crippen molar-refractivity contribution in [1.29, 1.82) is 0 Å². The highest BCUT2D eigenvalue weighted by Crippen LogP contribution is 2.53. The molecule has 1 N–H and O–H groups in total. The Kier molecular flexibility index (Phi) is 6.72. The first-order chi connectivity index (χ1) is 15.4. The maximum absolute atomic E-state index is 13.8. The summed E-state index contributed by atoms with van der Waals surface area (Å²) >= 11 is 0. The van der Waals surface area contributed by atoms with Crippen molar-refractivity contribution in [3.63, 3.8) is 0 Å². The zero-order valence-corrected chi connectivity index (χ0v) is 18.9. The average molecular weight is 447 g/mol. The van der Waals surface area contributed by atoms with E-state index in [1.807, 2.05) is 38.2 Å². The van der Waals surface area contributed by atoms with Gasteiger partial charge < -0.3 is 24.4 Å². The van der Waals surface area contributed by atoms with Gasteiger partial charge in [-0.15, -0.1) is 0 Å². The molecule has 2 fully saturated rings. The molecule has 0 aromatic heterocycles. The van der Waals surface area contributed by atoms with Crippen LogP contribution in [0.3, 0.4) is 0 Å². The smallest absolute Gasteiger partial charge is 0.312 e. The van der Waals surface area contributed by atoms with E-state index in [4.69, 9.17) is 14.6 Å². The molecule has 4 aliphatic heterocycles. The van der Waals surface area contributed by atoms with Gasteiger partial charge in [-0.3, -0.25) is 14.4 Å². The molecule has 0 aromatic rings. The molecule has 0 aromatic carbocycles. The van der Waals surface area contributed by atoms with E-state index in [0.717, 1.165) is 25.7 Å². The Morgan fingerprint density at radius 3 is 2.66 bits per heavy atom. The zero-order chi connectivity index (χ0) is 22.9. The molecule has 2 amide bonds. The Balaban J connectivity index is 1.71. The maximum Gasteiger partial charge on any atom is 0.312 e. The van der Waals surface area contributed by atoms with E-state index in [1.165, 1.54) is 0 Å². The second kappa shape index (κ2) is 9.35. The molecule has 4 aliphatic rings. The van der Waals surface area contributed by atoms with Crippen LogP contribution in [0.4, 0.5) is 0 Å². The molecule has 2 saturated heterocycles. The molecule has 8 nitrogen and oxygen atoms in total. The van der Waals surface area contributed by atoms with Gasteiger partial charge in [0.1, 0.15) is 17.6 Å². The van der Waals surface area contributed by atoms with Gasteiger partial charge in [-0.2, -0.15) is 0 Å². The number of unbranched alkanes of at least 4 members (excludes halogenated alkanes) is 3. The van der Waals surface area contributed by atoms with Crippen molar-refractivity contribution in [2.75, 3.05) is 26.3 Å². The van der Waals surface area contributed by atoms with E-state index in [1.54, 1.807) is 9.80 Å². The molecule has 4 heterocycles. The first kappa shape index (κ1) is 23.0. The number of aliphatic hydroxyl groups is 1. The number of aliphatic hydroxyl groups excluding tert-OH is 1. The molecular weight excluding hydrogens is 412 g/mol. The number of rotatable bonds is 7. The molecule has 0 saturated carbocycles. The number of cyclic esters (lactones) is 1. The minimum atomic E-state index is -1.17. The maximum atomic E-state index is 13.8. The Morgan fingerprint density at radius 1 is 1.12 bits per heavy atom. The van der Waals surface area contributed by atoms with Gasteiger partial charge in [0.05, 0.1) is 18.6 Å². The van der Waals surface area contributed by atoms with E-state index in [0.29, 0.717) is 19.5 Å². The number of nitrogens with zero attached hydrogens (tertiary/aromatic N) is 2. The minimum absolute atomic E-state index is 0.0252. The quantitative estimate of drug-likeness (QED) is 0.361. The van der Waals surface area contributed by atoms with Crippen LogP contribution in [0.5, 0.6) is 0 Å². The van der Waals surface area contributed by atoms with Crippen molar-refractivity contribution in [3.8, 4) is 0 Å². The third-order valence-electron chi connectivity index (χ3n) is 7.08. The SMILES string of the molecule is CC(C)N1CC=C[C@]23O[C@H]4C=CCCOC(=O)[C@H]4[C@H]2C(=O)N(CCCCCCO)C3C1=O. The van der Waals surface area contributed by atoms with E-state index < -0.39 is 35.6 Å². The molecule has 0 radical (unpaired) electrons. The second-order valence-corrected chi connectivity index (χ2v) is 9.38. The number of likely N-dealkylation sites (tertiary alicyclic amines) is 1. The average Bonchev–Trinajstić information content (AvgIpc) is 3.11. The van der Waals surface area contributed by atoms with Crippen molar-refractivity contribution < 1.29 is 29.0 Å². The van der Waals surface area contributed by atoms with Crippen LogP contribution in [0.2, 0.25) is 0 Å². The lowest BCUT2D eigenvalue weighted by Gasteiger charge is -2.36. The van der Waals surface area contributed by atoms with Crippen molar-refractivity contribution in [3.05, 3.63) is 24.3 Å². The van der Waals surface area contributed by atoms with Crippen LogP contribution in [0.25, 0.3) is 0 Å². The monoisotopic (exact) mass is 446 g/mol. The van der Waals surface area contributed by atoms with Gasteiger partial charge in [-0.05, 0) is 33.1 Å². The lowest BCUT2D eigenvalue weighted by atomic mass is 9.77. The van der Waals surface area contributed by atoms with Gasteiger partial charge in [0.2, 0.25) is 11.8 Å². The largest absolute Gasteiger partial charge is 0.465 e. The molecule has 0 aliphatic carbocycles. The first-order valence-electron chi connectivity index (χ1n) is 11.8.